The van der Waals surface area contributed by atoms with Crippen LogP contribution in [0, 0.1) is 12.7 Å². The molecular formula is C22H18ClFN2O3. The number of benzene rings is 3. The van der Waals surface area contributed by atoms with Gasteiger partial charge in [-0.25, -0.2) is 4.39 Å². The van der Waals surface area contributed by atoms with Crippen molar-refractivity contribution in [3.8, 4) is 5.75 Å². The van der Waals surface area contributed by atoms with Crippen LogP contribution < -0.4 is 15.4 Å². The average molecular weight is 413 g/mol. The molecule has 2 amide bonds. The summed E-state index contributed by atoms with van der Waals surface area (Å²) in [5, 5.41) is 5.98. The Labute approximate surface area is 172 Å². The van der Waals surface area contributed by atoms with Gasteiger partial charge in [0.15, 0.2) is 6.61 Å². The van der Waals surface area contributed by atoms with Crippen LogP contribution in [0.15, 0.2) is 66.7 Å². The highest BCUT2D eigenvalue weighted by Gasteiger charge is 2.09. The Morgan fingerprint density at radius 1 is 0.966 bits per heavy atom. The Hall–Kier alpha value is -3.38. The normalized spacial score (nSPS) is 10.3. The van der Waals surface area contributed by atoms with E-state index in [0.717, 1.165) is 5.56 Å². The van der Waals surface area contributed by atoms with Crippen molar-refractivity contribution in [1.82, 2.24) is 0 Å². The lowest BCUT2D eigenvalue weighted by Crippen LogP contribution is -2.20. The quantitative estimate of drug-likeness (QED) is 0.594. The third kappa shape index (κ3) is 5.56. The summed E-state index contributed by atoms with van der Waals surface area (Å²) in [7, 11) is 0. The molecule has 0 aliphatic carbocycles. The van der Waals surface area contributed by atoms with Gasteiger partial charge in [0.2, 0.25) is 0 Å². The zero-order valence-electron chi connectivity index (χ0n) is 15.5. The molecule has 0 saturated heterocycles. The zero-order chi connectivity index (χ0) is 20.8. The molecule has 0 aliphatic rings. The predicted molar refractivity (Wildman–Crippen MR) is 111 cm³/mol. The summed E-state index contributed by atoms with van der Waals surface area (Å²) < 4.78 is 18.4. The van der Waals surface area contributed by atoms with Crippen molar-refractivity contribution in [2.45, 2.75) is 6.92 Å². The number of nitrogens with one attached hydrogen (secondary N) is 2. The van der Waals surface area contributed by atoms with E-state index in [9.17, 15) is 14.0 Å². The van der Waals surface area contributed by atoms with Gasteiger partial charge in [-0.3, -0.25) is 9.59 Å². The third-order valence-electron chi connectivity index (χ3n) is 4.13. The van der Waals surface area contributed by atoms with Crippen molar-refractivity contribution < 1.29 is 18.7 Å². The maximum absolute atomic E-state index is 12.9. The van der Waals surface area contributed by atoms with Gasteiger partial charge in [-0.05, 0) is 73.2 Å². The van der Waals surface area contributed by atoms with Gasteiger partial charge in [-0.15, -0.1) is 0 Å². The van der Waals surface area contributed by atoms with E-state index < -0.39 is 0 Å². The lowest BCUT2D eigenvalue weighted by atomic mass is 10.2. The second-order valence-electron chi connectivity index (χ2n) is 6.23. The van der Waals surface area contributed by atoms with E-state index in [1.807, 2.05) is 6.92 Å². The van der Waals surface area contributed by atoms with Crippen LogP contribution >= 0.6 is 11.6 Å². The topological polar surface area (TPSA) is 67.4 Å². The van der Waals surface area contributed by atoms with E-state index in [1.165, 1.54) is 24.3 Å². The van der Waals surface area contributed by atoms with Crippen LogP contribution in [0.5, 0.6) is 5.75 Å². The molecule has 0 atom stereocenters. The minimum atomic E-state index is -0.376. The van der Waals surface area contributed by atoms with Gasteiger partial charge in [0.05, 0.1) is 0 Å². The summed E-state index contributed by atoms with van der Waals surface area (Å²) in [4.78, 5) is 24.3. The Bertz CT molecular complexity index is 1020. The first kappa shape index (κ1) is 20.4. The molecule has 3 aromatic rings. The van der Waals surface area contributed by atoms with Crippen LogP contribution in [0.1, 0.15) is 15.9 Å². The van der Waals surface area contributed by atoms with Crippen molar-refractivity contribution in [2.24, 2.45) is 0 Å². The molecule has 0 spiro atoms. The molecule has 0 unspecified atom stereocenters. The lowest BCUT2D eigenvalue weighted by molar-refractivity contribution is -0.118. The number of anilines is 2. The van der Waals surface area contributed by atoms with Crippen LogP contribution in [-0.4, -0.2) is 18.4 Å². The van der Waals surface area contributed by atoms with E-state index in [4.69, 9.17) is 16.3 Å². The molecule has 5 nitrogen and oxygen atoms in total. The van der Waals surface area contributed by atoms with Crippen LogP contribution in [0.2, 0.25) is 5.02 Å². The van der Waals surface area contributed by atoms with Crippen molar-refractivity contribution in [2.75, 3.05) is 17.2 Å². The first-order chi connectivity index (χ1) is 13.9. The molecule has 3 rings (SSSR count). The smallest absolute Gasteiger partial charge is 0.262 e. The molecule has 0 aliphatic heterocycles. The molecule has 3 aromatic carbocycles. The molecule has 0 saturated carbocycles. The number of rotatable bonds is 6. The van der Waals surface area contributed by atoms with Gasteiger partial charge in [0.25, 0.3) is 11.8 Å². The standard InChI is InChI=1S/C22H18ClFN2O3/c1-14-19(23)3-2-4-20(14)26-21(27)13-29-18-11-5-15(6-12-18)22(28)25-17-9-7-16(24)8-10-17/h2-12H,13H2,1H3,(H,25,28)(H,26,27). The van der Waals surface area contributed by atoms with Crippen molar-refractivity contribution in [3.05, 3.63) is 88.7 Å². The number of carbonyl (C=O) groups excluding carboxylic acids is 2. The van der Waals surface area contributed by atoms with Gasteiger partial charge >= 0.3 is 0 Å². The minimum absolute atomic E-state index is 0.187. The summed E-state index contributed by atoms with van der Waals surface area (Å²) in [5.74, 6) is -0.591. The van der Waals surface area contributed by atoms with Crippen molar-refractivity contribution in [3.63, 3.8) is 0 Å². The Balaban J connectivity index is 1.53. The monoisotopic (exact) mass is 412 g/mol. The molecule has 0 aromatic heterocycles. The number of carbonyl (C=O) groups is 2. The van der Waals surface area contributed by atoms with Gasteiger partial charge in [0, 0.05) is 22.0 Å². The van der Waals surface area contributed by atoms with E-state index in [2.05, 4.69) is 10.6 Å². The molecule has 0 bridgehead atoms. The van der Waals surface area contributed by atoms with Crippen molar-refractivity contribution in [1.29, 1.82) is 0 Å². The molecule has 29 heavy (non-hydrogen) atoms. The number of hydrogen-bond acceptors (Lipinski definition) is 3. The molecule has 0 fully saturated rings. The van der Waals surface area contributed by atoms with Crippen LogP contribution in [0.4, 0.5) is 15.8 Å². The number of halogens is 2. The van der Waals surface area contributed by atoms with Crippen LogP contribution in [0.3, 0.4) is 0 Å². The minimum Gasteiger partial charge on any atom is -0.484 e. The molecule has 0 radical (unpaired) electrons. The number of amides is 2. The van der Waals surface area contributed by atoms with Gasteiger partial charge < -0.3 is 15.4 Å². The van der Waals surface area contributed by atoms with Gasteiger partial charge in [0.1, 0.15) is 11.6 Å². The molecular weight excluding hydrogens is 395 g/mol. The first-order valence-corrected chi connectivity index (χ1v) is 9.15. The van der Waals surface area contributed by atoms with Crippen LogP contribution in [-0.2, 0) is 4.79 Å². The van der Waals surface area contributed by atoms with Crippen molar-refractivity contribution >= 4 is 34.8 Å². The van der Waals surface area contributed by atoms with E-state index in [-0.39, 0.29) is 24.2 Å². The van der Waals surface area contributed by atoms with E-state index in [0.29, 0.717) is 27.7 Å². The van der Waals surface area contributed by atoms with Crippen LogP contribution in [0.25, 0.3) is 0 Å². The summed E-state index contributed by atoms with van der Waals surface area (Å²) >= 11 is 6.04. The third-order valence-corrected chi connectivity index (χ3v) is 4.54. The molecule has 148 valence electrons. The highest BCUT2D eigenvalue weighted by atomic mass is 35.5. The predicted octanol–water partition coefficient (Wildman–Crippen LogP) is 5.06. The van der Waals surface area contributed by atoms with E-state index in [1.54, 1.807) is 42.5 Å². The Kier molecular flexibility index (Phi) is 6.46. The SMILES string of the molecule is Cc1c(Cl)cccc1NC(=O)COc1ccc(C(=O)Nc2ccc(F)cc2)cc1. The fraction of sp³-hybridized carbons (Fsp3) is 0.0909. The highest BCUT2D eigenvalue weighted by Crippen LogP contribution is 2.23. The van der Waals surface area contributed by atoms with Gasteiger partial charge in [-0.2, -0.15) is 0 Å². The molecule has 2 N–H and O–H groups in total. The number of hydrogen-bond donors (Lipinski definition) is 2. The maximum Gasteiger partial charge on any atom is 0.262 e. The Morgan fingerprint density at radius 2 is 1.66 bits per heavy atom. The summed E-state index contributed by atoms with van der Waals surface area (Å²) in [5.41, 5.74) is 2.29. The second-order valence-corrected chi connectivity index (χ2v) is 6.64. The lowest BCUT2D eigenvalue weighted by Gasteiger charge is -2.11. The highest BCUT2D eigenvalue weighted by molar-refractivity contribution is 6.31. The Morgan fingerprint density at radius 3 is 2.34 bits per heavy atom. The second kappa shape index (κ2) is 9.21. The van der Waals surface area contributed by atoms with Gasteiger partial charge in [-0.1, -0.05) is 17.7 Å². The summed E-state index contributed by atoms with van der Waals surface area (Å²) in [6, 6.07) is 17.1. The maximum atomic E-state index is 12.9. The summed E-state index contributed by atoms with van der Waals surface area (Å²) in [6.07, 6.45) is 0. The fourth-order valence-electron chi connectivity index (χ4n) is 2.52. The fourth-order valence-corrected chi connectivity index (χ4v) is 2.69. The number of ether oxygens (including phenoxy) is 1. The molecule has 0 heterocycles. The van der Waals surface area contributed by atoms with E-state index >= 15 is 0 Å². The summed E-state index contributed by atoms with van der Waals surface area (Å²) in [6.45, 7) is 1.63. The molecule has 7 heteroatoms. The average Bonchev–Trinajstić information content (AvgIpc) is 2.72. The first-order valence-electron chi connectivity index (χ1n) is 8.77. The zero-order valence-corrected chi connectivity index (χ0v) is 16.3. The largest absolute Gasteiger partial charge is 0.484 e.